The molecule has 11 heteroatoms. The number of ether oxygens (including phenoxy) is 2. The summed E-state index contributed by atoms with van der Waals surface area (Å²) in [5, 5.41) is 29.2. The van der Waals surface area contributed by atoms with Crippen molar-refractivity contribution in [2.45, 2.75) is 39.2 Å². The zero-order chi connectivity index (χ0) is 29.8. The van der Waals surface area contributed by atoms with Crippen LogP contribution in [0.1, 0.15) is 60.6 Å². The van der Waals surface area contributed by atoms with E-state index < -0.39 is 33.2 Å². The van der Waals surface area contributed by atoms with E-state index in [-0.39, 0.29) is 11.5 Å². The van der Waals surface area contributed by atoms with Gasteiger partial charge in [0.15, 0.2) is 0 Å². The van der Waals surface area contributed by atoms with Crippen LogP contribution in [-0.4, -0.2) is 39.7 Å². The van der Waals surface area contributed by atoms with E-state index in [9.17, 15) is 25.0 Å². The first-order valence-electron chi connectivity index (χ1n) is 13.8. The lowest BCUT2D eigenvalue weighted by Crippen LogP contribution is -2.32. The van der Waals surface area contributed by atoms with E-state index >= 15 is 0 Å². The molecule has 0 aromatic heterocycles. The normalized spacial score (nSPS) is 18.8. The van der Waals surface area contributed by atoms with Crippen LogP contribution in [0.5, 0.6) is 11.5 Å². The molecule has 0 saturated heterocycles. The Kier molecular flexibility index (Phi) is 8.28. The van der Waals surface area contributed by atoms with Gasteiger partial charge in [0.05, 0.1) is 46.4 Å². The average Bonchev–Trinajstić information content (AvgIpc) is 3.39. The Morgan fingerprint density at radius 1 is 0.929 bits per heavy atom. The van der Waals surface area contributed by atoms with Gasteiger partial charge in [-0.2, -0.15) is 5.10 Å². The molecule has 0 spiro atoms. The Hall–Kier alpha value is -5.06. The van der Waals surface area contributed by atoms with E-state index in [4.69, 9.17) is 14.6 Å². The quantitative estimate of drug-likeness (QED) is 0.205. The molecule has 1 amide bonds. The number of benzene rings is 3. The molecule has 42 heavy (non-hydrogen) atoms. The number of rotatable bonds is 9. The maximum absolute atomic E-state index is 14.0. The monoisotopic (exact) mass is 570 g/mol. The summed E-state index contributed by atoms with van der Waals surface area (Å²) in [4.78, 5) is 35.5. The van der Waals surface area contributed by atoms with Crippen molar-refractivity contribution in [2.75, 3.05) is 13.2 Å². The number of allylic oxidation sites excluding steroid dienone is 1. The number of nitro groups is 2. The minimum atomic E-state index is -0.749. The summed E-state index contributed by atoms with van der Waals surface area (Å²) in [5.41, 5.74) is 2.29. The predicted molar refractivity (Wildman–Crippen MR) is 157 cm³/mol. The molecule has 1 heterocycles. The molecule has 0 radical (unpaired) electrons. The van der Waals surface area contributed by atoms with Crippen LogP contribution in [0.4, 0.5) is 11.4 Å². The number of hydrogen-bond acceptors (Lipinski definition) is 8. The number of fused-ring (bicyclic) bond motifs is 1. The minimum absolute atomic E-state index is 0.136. The Labute approximate surface area is 242 Å². The highest BCUT2D eigenvalue weighted by molar-refractivity contribution is 6.09. The van der Waals surface area contributed by atoms with Crippen molar-refractivity contribution < 1.29 is 24.1 Å². The second-order valence-corrected chi connectivity index (χ2v) is 10.0. The Morgan fingerprint density at radius 2 is 1.50 bits per heavy atom. The molecule has 11 nitrogen and oxygen atoms in total. The summed E-state index contributed by atoms with van der Waals surface area (Å²) in [6.45, 7) is 4.90. The summed E-state index contributed by atoms with van der Waals surface area (Å²) in [6, 6.07) is 17.6. The third-order valence-electron chi connectivity index (χ3n) is 7.35. The fraction of sp³-hybridized carbons (Fsp3) is 0.290. The van der Waals surface area contributed by atoms with Gasteiger partial charge in [-0.3, -0.25) is 25.0 Å². The molecule has 1 fully saturated rings. The average molecular weight is 571 g/mol. The second-order valence-electron chi connectivity index (χ2n) is 10.0. The van der Waals surface area contributed by atoms with Crippen LogP contribution in [0.3, 0.4) is 0 Å². The highest BCUT2D eigenvalue weighted by atomic mass is 16.6. The van der Waals surface area contributed by atoms with Crippen molar-refractivity contribution in [2.24, 2.45) is 11.0 Å². The molecule has 3 aromatic carbocycles. The lowest BCUT2D eigenvalue weighted by atomic mass is 9.77. The van der Waals surface area contributed by atoms with Gasteiger partial charge in [0.1, 0.15) is 11.5 Å². The SMILES string of the molecule is CCOc1ccc(/C=C2/CCC[C@@H]3C2=NN(C(=O)c2cc([N+](=O)[O-])cc([N+](=O)[O-])c2)[C@@H]3c2ccc(OCC)cc2)cc1. The summed E-state index contributed by atoms with van der Waals surface area (Å²) >= 11 is 0. The molecule has 3 aromatic rings. The van der Waals surface area contributed by atoms with E-state index in [0.29, 0.717) is 19.0 Å². The number of amides is 1. The van der Waals surface area contributed by atoms with Gasteiger partial charge in [-0.15, -0.1) is 0 Å². The highest BCUT2D eigenvalue weighted by Crippen LogP contribution is 2.45. The Bertz CT molecular complexity index is 1530. The first-order valence-corrected chi connectivity index (χ1v) is 13.8. The maximum atomic E-state index is 14.0. The van der Waals surface area contributed by atoms with Crippen molar-refractivity contribution in [1.29, 1.82) is 0 Å². The Morgan fingerprint density at radius 3 is 2.05 bits per heavy atom. The van der Waals surface area contributed by atoms with E-state index in [1.807, 2.05) is 62.4 Å². The van der Waals surface area contributed by atoms with Crippen LogP contribution in [0.25, 0.3) is 6.08 Å². The van der Waals surface area contributed by atoms with Gasteiger partial charge in [0, 0.05) is 18.1 Å². The molecule has 5 rings (SSSR count). The molecule has 1 aliphatic heterocycles. The summed E-state index contributed by atoms with van der Waals surface area (Å²) < 4.78 is 11.2. The number of carbonyl (C=O) groups excluding carboxylic acids is 1. The zero-order valence-electron chi connectivity index (χ0n) is 23.3. The fourth-order valence-corrected chi connectivity index (χ4v) is 5.52. The number of nitrogens with zero attached hydrogens (tertiary/aromatic N) is 4. The van der Waals surface area contributed by atoms with Crippen molar-refractivity contribution in [3.05, 3.63) is 109 Å². The molecule has 0 N–H and O–H groups in total. The van der Waals surface area contributed by atoms with E-state index in [1.165, 1.54) is 5.01 Å². The van der Waals surface area contributed by atoms with Gasteiger partial charge in [-0.25, -0.2) is 5.01 Å². The van der Waals surface area contributed by atoms with Crippen LogP contribution in [0, 0.1) is 26.1 Å². The summed E-state index contributed by atoms with van der Waals surface area (Å²) in [5.74, 6) is 0.677. The van der Waals surface area contributed by atoms with Crippen molar-refractivity contribution in [3.63, 3.8) is 0 Å². The van der Waals surface area contributed by atoms with E-state index in [1.54, 1.807) is 0 Å². The molecule has 0 unspecified atom stereocenters. The Balaban J connectivity index is 1.58. The fourth-order valence-electron chi connectivity index (χ4n) is 5.52. The topological polar surface area (TPSA) is 137 Å². The van der Waals surface area contributed by atoms with Crippen LogP contribution in [-0.2, 0) is 0 Å². The molecular weight excluding hydrogens is 540 g/mol. The number of carbonyl (C=O) groups is 1. The second kappa shape index (κ2) is 12.2. The number of hydrogen-bond donors (Lipinski definition) is 0. The van der Waals surface area contributed by atoms with Gasteiger partial charge in [0.2, 0.25) is 0 Å². The highest BCUT2D eigenvalue weighted by Gasteiger charge is 2.44. The number of nitro benzene ring substituents is 2. The lowest BCUT2D eigenvalue weighted by molar-refractivity contribution is -0.394. The number of non-ortho nitro benzene ring substituents is 2. The smallest absolute Gasteiger partial charge is 0.277 e. The lowest BCUT2D eigenvalue weighted by Gasteiger charge is -2.29. The first-order chi connectivity index (χ1) is 20.3. The third kappa shape index (κ3) is 5.85. The van der Waals surface area contributed by atoms with Gasteiger partial charge < -0.3 is 9.47 Å². The van der Waals surface area contributed by atoms with Crippen LogP contribution in [0.15, 0.2) is 77.4 Å². The van der Waals surface area contributed by atoms with E-state index in [0.717, 1.165) is 65.6 Å². The molecule has 2 atom stereocenters. The largest absolute Gasteiger partial charge is 0.494 e. The van der Waals surface area contributed by atoms with Crippen LogP contribution in [0.2, 0.25) is 0 Å². The van der Waals surface area contributed by atoms with Gasteiger partial charge >= 0.3 is 0 Å². The third-order valence-corrected chi connectivity index (χ3v) is 7.35. The zero-order valence-corrected chi connectivity index (χ0v) is 23.3. The molecule has 1 saturated carbocycles. The molecular formula is C31H30N4O7. The van der Waals surface area contributed by atoms with Gasteiger partial charge in [-0.1, -0.05) is 24.3 Å². The summed E-state index contributed by atoms with van der Waals surface area (Å²) in [7, 11) is 0. The van der Waals surface area contributed by atoms with Crippen molar-refractivity contribution >= 4 is 29.1 Å². The van der Waals surface area contributed by atoms with Gasteiger partial charge in [-0.05, 0) is 80.2 Å². The predicted octanol–water partition coefficient (Wildman–Crippen LogP) is 6.74. The number of hydrazone groups is 1. The molecule has 2 aliphatic rings. The van der Waals surface area contributed by atoms with Crippen molar-refractivity contribution in [3.8, 4) is 11.5 Å². The maximum Gasteiger partial charge on any atom is 0.277 e. The minimum Gasteiger partial charge on any atom is -0.494 e. The van der Waals surface area contributed by atoms with Crippen molar-refractivity contribution in [1.82, 2.24) is 5.01 Å². The van der Waals surface area contributed by atoms with Gasteiger partial charge in [0.25, 0.3) is 17.3 Å². The van der Waals surface area contributed by atoms with Crippen LogP contribution >= 0.6 is 0 Å². The standard InChI is InChI=1S/C31H30N4O7/c1-3-41-26-12-8-20(9-13-26)16-22-6-5-7-28-29(22)32-33(30(28)21-10-14-27(15-11-21)42-4-2)31(36)23-17-24(34(37)38)19-25(18-23)35(39)40/h8-19,28,30H,3-7H2,1-2H3/b22-16-/t28-,30-/m1/s1. The summed E-state index contributed by atoms with van der Waals surface area (Å²) in [6.07, 6.45) is 4.48. The molecule has 216 valence electrons. The van der Waals surface area contributed by atoms with Crippen LogP contribution < -0.4 is 9.47 Å². The van der Waals surface area contributed by atoms with E-state index in [2.05, 4.69) is 6.08 Å². The first kappa shape index (κ1) is 28.5. The molecule has 0 bridgehead atoms. The molecule has 1 aliphatic carbocycles.